The summed E-state index contributed by atoms with van der Waals surface area (Å²) in [5, 5.41) is 24.9. The molecule has 0 saturated heterocycles. The molecule has 1 unspecified atom stereocenters. The second-order valence-corrected chi connectivity index (χ2v) is 6.16. The molecule has 0 amide bonds. The van der Waals surface area contributed by atoms with Gasteiger partial charge in [0.05, 0.1) is 4.92 Å². The maximum Gasteiger partial charge on any atom is 0.295 e. The van der Waals surface area contributed by atoms with E-state index in [4.69, 9.17) is 4.74 Å². The molecule has 0 aliphatic carbocycles. The molecule has 2 aromatic carbocycles. The smallest absolute Gasteiger partial charge is 0.295 e. The fraction of sp³-hybridized carbons (Fsp3) is 0.211. The maximum atomic E-state index is 13.2. The van der Waals surface area contributed by atoms with E-state index < -0.39 is 22.7 Å². The summed E-state index contributed by atoms with van der Waals surface area (Å²) < 4.78 is 31.3. The van der Waals surface area contributed by atoms with Gasteiger partial charge in [-0.2, -0.15) is 0 Å². The summed E-state index contributed by atoms with van der Waals surface area (Å²) in [6.45, 7) is 1.63. The van der Waals surface area contributed by atoms with Gasteiger partial charge in [-0.1, -0.05) is 12.1 Å². The molecular weight excluding hydrogens is 372 g/mol. The molecule has 9 heteroatoms. The number of hydrogen-bond donors (Lipinski definition) is 2. The topological polar surface area (TPSA) is 97.5 Å². The Morgan fingerprint density at radius 1 is 1.25 bits per heavy atom. The number of nitro groups is 1. The Morgan fingerprint density at radius 2 is 2.04 bits per heavy atom. The maximum absolute atomic E-state index is 13.2. The Balaban J connectivity index is 1.70. The molecule has 1 atom stereocenters. The highest BCUT2D eigenvalue weighted by atomic mass is 19.2. The third-order valence-corrected chi connectivity index (χ3v) is 4.00. The Morgan fingerprint density at radius 3 is 2.75 bits per heavy atom. The first-order valence-corrected chi connectivity index (χ1v) is 8.39. The van der Waals surface area contributed by atoms with Gasteiger partial charge in [-0.3, -0.25) is 10.1 Å². The van der Waals surface area contributed by atoms with Crippen LogP contribution in [0.4, 0.5) is 20.2 Å². The lowest BCUT2D eigenvalue weighted by Crippen LogP contribution is -2.26. The number of ether oxygens (including phenoxy) is 1. The van der Waals surface area contributed by atoms with Crippen LogP contribution in [0.2, 0.25) is 0 Å². The molecule has 1 aromatic heterocycles. The van der Waals surface area contributed by atoms with Crippen molar-refractivity contribution >= 4 is 22.3 Å². The van der Waals surface area contributed by atoms with E-state index in [0.717, 1.165) is 12.1 Å². The van der Waals surface area contributed by atoms with E-state index in [-0.39, 0.29) is 30.1 Å². The van der Waals surface area contributed by atoms with Gasteiger partial charge in [0.1, 0.15) is 18.5 Å². The van der Waals surface area contributed by atoms with Gasteiger partial charge in [-0.05, 0) is 25.1 Å². The van der Waals surface area contributed by atoms with Gasteiger partial charge in [0, 0.05) is 35.4 Å². The number of nitro benzene ring substituents is 1. The molecule has 2 N–H and O–H groups in total. The summed E-state index contributed by atoms with van der Waals surface area (Å²) in [6, 6.07) is 9.45. The van der Waals surface area contributed by atoms with Crippen molar-refractivity contribution in [2.24, 2.45) is 0 Å². The van der Waals surface area contributed by atoms with Crippen LogP contribution in [-0.4, -0.2) is 34.3 Å². The predicted molar refractivity (Wildman–Crippen MR) is 99.5 cm³/mol. The number of nitrogens with one attached hydrogen (secondary N) is 1. The van der Waals surface area contributed by atoms with Crippen molar-refractivity contribution in [3.05, 3.63) is 69.9 Å². The lowest BCUT2D eigenvalue weighted by atomic mass is 10.1. The van der Waals surface area contributed by atoms with Crippen LogP contribution in [0, 0.1) is 28.7 Å². The zero-order valence-electron chi connectivity index (χ0n) is 14.9. The minimum Gasteiger partial charge on any atom is -0.491 e. The van der Waals surface area contributed by atoms with E-state index in [1.165, 1.54) is 12.1 Å². The van der Waals surface area contributed by atoms with E-state index in [9.17, 15) is 24.0 Å². The van der Waals surface area contributed by atoms with Crippen LogP contribution in [0.5, 0.6) is 5.75 Å². The highest BCUT2D eigenvalue weighted by molar-refractivity contribution is 5.96. The average Bonchev–Trinajstić information content (AvgIpc) is 2.66. The van der Waals surface area contributed by atoms with Crippen LogP contribution in [0.1, 0.15) is 5.69 Å². The highest BCUT2D eigenvalue weighted by Gasteiger charge is 2.16. The first-order valence-electron chi connectivity index (χ1n) is 8.39. The normalized spacial score (nSPS) is 12.0. The molecule has 0 saturated carbocycles. The SMILES string of the molecule is Cc1cc(NCC(O)COc2ccc(F)c(F)c2)c2cccc([N+](=O)[O-])c2n1. The molecule has 0 spiro atoms. The summed E-state index contributed by atoms with van der Waals surface area (Å²) in [5.74, 6) is -1.92. The number of fused-ring (bicyclic) bond motifs is 1. The first-order chi connectivity index (χ1) is 13.3. The molecule has 0 aliphatic heterocycles. The quantitative estimate of drug-likeness (QED) is 0.474. The predicted octanol–water partition coefficient (Wildman–Crippen LogP) is 3.58. The Hall–Kier alpha value is -3.33. The molecule has 3 aromatic rings. The number of halogens is 2. The van der Waals surface area contributed by atoms with Gasteiger partial charge >= 0.3 is 0 Å². The van der Waals surface area contributed by atoms with Crippen LogP contribution < -0.4 is 10.1 Å². The number of hydrogen-bond acceptors (Lipinski definition) is 6. The van der Waals surface area contributed by atoms with Crippen molar-refractivity contribution in [3.63, 3.8) is 0 Å². The van der Waals surface area contributed by atoms with Gasteiger partial charge in [0.15, 0.2) is 17.2 Å². The zero-order valence-corrected chi connectivity index (χ0v) is 14.9. The summed E-state index contributed by atoms with van der Waals surface area (Å²) in [4.78, 5) is 15.0. The minimum atomic E-state index is -1.04. The second kappa shape index (κ2) is 8.13. The molecular formula is C19H17F2N3O4. The number of aryl methyl sites for hydroxylation is 1. The van der Waals surface area contributed by atoms with Gasteiger partial charge in [0.2, 0.25) is 0 Å². The van der Waals surface area contributed by atoms with Gasteiger partial charge < -0.3 is 15.2 Å². The molecule has 3 rings (SSSR count). The van der Waals surface area contributed by atoms with E-state index in [1.807, 2.05) is 0 Å². The summed E-state index contributed by atoms with van der Waals surface area (Å²) >= 11 is 0. The van der Waals surface area contributed by atoms with Crippen LogP contribution in [0.25, 0.3) is 10.9 Å². The second-order valence-electron chi connectivity index (χ2n) is 6.16. The number of non-ortho nitro benzene ring substituents is 1. The molecule has 0 aliphatic rings. The molecule has 28 heavy (non-hydrogen) atoms. The lowest BCUT2D eigenvalue weighted by Gasteiger charge is -2.15. The number of pyridine rings is 1. The van der Waals surface area contributed by atoms with Crippen molar-refractivity contribution in [1.82, 2.24) is 4.98 Å². The molecule has 0 radical (unpaired) electrons. The average molecular weight is 389 g/mol. The van der Waals surface area contributed by atoms with Crippen LogP contribution in [-0.2, 0) is 0 Å². The van der Waals surface area contributed by atoms with Crippen molar-refractivity contribution < 1.29 is 23.5 Å². The van der Waals surface area contributed by atoms with Crippen molar-refractivity contribution in [2.45, 2.75) is 13.0 Å². The summed E-state index contributed by atoms with van der Waals surface area (Å²) in [6.07, 6.45) is -0.963. The van der Waals surface area contributed by atoms with E-state index in [2.05, 4.69) is 10.3 Å². The highest BCUT2D eigenvalue weighted by Crippen LogP contribution is 2.29. The van der Waals surface area contributed by atoms with Crippen molar-refractivity contribution in [2.75, 3.05) is 18.5 Å². The molecule has 7 nitrogen and oxygen atoms in total. The van der Waals surface area contributed by atoms with Gasteiger partial charge in [-0.15, -0.1) is 0 Å². The van der Waals surface area contributed by atoms with Crippen molar-refractivity contribution in [3.8, 4) is 5.75 Å². The van der Waals surface area contributed by atoms with E-state index in [1.54, 1.807) is 25.1 Å². The monoisotopic (exact) mass is 389 g/mol. The van der Waals surface area contributed by atoms with Crippen molar-refractivity contribution in [1.29, 1.82) is 0 Å². The molecule has 0 fully saturated rings. The molecule has 0 bridgehead atoms. The molecule has 1 heterocycles. The fourth-order valence-electron chi connectivity index (χ4n) is 2.70. The number of nitrogens with zero attached hydrogens (tertiary/aromatic N) is 2. The van der Waals surface area contributed by atoms with Crippen LogP contribution >= 0.6 is 0 Å². The fourth-order valence-corrected chi connectivity index (χ4v) is 2.70. The first kappa shape index (κ1) is 19.4. The Bertz CT molecular complexity index is 1030. The number of rotatable bonds is 7. The molecule has 146 valence electrons. The minimum absolute atomic E-state index is 0.0743. The third-order valence-electron chi connectivity index (χ3n) is 4.00. The number of benzene rings is 2. The Labute approximate surface area is 158 Å². The van der Waals surface area contributed by atoms with Gasteiger partial charge in [0.25, 0.3) is 5.69 Å². The summed E-state index contributed by atoms with van der Waals surface area (Å²) in [5.41, 5.74) is 1.31. The standard InChI is InChI=1S/C19H17F2N3O4/c1-11-7-17(14-3-2-4-18(24(26)27)19(14)23-11)22-9-12(25)10-28-13-5-6-15(20)16(21)8-13/h2-8,12,25H,9-10H2,1H3,(H,22,23). The zero-order chi connectivity index (χ0) is 20.3. The van der Waals surface area contributed by atoms with Gasteiger partial charge in [-0.25, -0.2) is 13.8 Å². The number of para-hydroxylation sites is 1. The third kappa shape index (κ3) is 4.32. The number of aromatic nitrogens is 1. The Kier molecular flexibility index (Phi) is 5.65. The van der Waals surface area contributed by atoms with E-state index >= 15 is 0 Å². The number of anilines is 1. The number of aliphatic hydroxyl groups excluding tert-OH is 1. The number of aliphatic hydroxyl groups is 1. The summed E-state index contributed by atoms with van der Waals surface area (Å²) in [7, 11) is 0. The van der Waals surface area contributed by atoms with E-state index in [0.29, 0.717) is 16.8 Å². The lowest BCUT2D eigenvalue weighted by molar-refractivity contribution is -0.383. The van der Waals surface area contributed by atoms with Crippen LogP contribution in [0.3, 0.4) is 0 Å². The van der Waals surface area contributed by atoms with Crippen LogP contribution in [0.15, 0.2) is 42.5 Å². The largest absolute Gasteiger partial charge is 0.491 e.